The molecular weight excluding hydrogens is 312 g/mol. The molecule has 0 saturated carbocycles. The molecule has 0 spiro atoms. The molecule has 0 aromatic carbocycles. The first kappa shape index (κ1) is 13.6. The van der Waals surface area contributed by atoms with Gasteiger partial charge >= 0.3 is 0 Å². The highest BCUT2D eigenvalue weighted by Gasteiger charge is 2.37. The summed E-state index contributed by atoms with van der Waals surface area (Å²) in [5, 5.41) is 11.4. The van der Waals surface area contributed by atoms with Crippen molar-refractivity contribution in [1.82, 2.24) is 4.90 Å². The zero-order chi connectivity index (χ0) is 14.1. The van der Waals surface area contributed by atoms with Gasteiger partial charge in [-0.25, -0.2) is 4.90 Å². The van der Waals surface area contributed by atoms with Crippen LogP contribution in [0.5, 0.6) is 0 Å². The van der Waals surface area contributed by atoms with Crippen LogP contribution in [-0.2, 0) is 4.79 Å². The first-order valence-corrected chi connectivity index (χ1v) is 8.49. The molecular formula is C12H10N4OS3. The maximum atomic E-state index is 12.0. The number of thiophene rings is 1. The number of amidine groups is 3. The predicted octanol–water partition coefficient (Wildman–Crippen LogP) is 3.08. The van der Waals surface area contributed by atoms with Gasteiger partial charge < -0.3 is 0 Å². The maximum absolute atomic E-state index is 12.0. The second kappa shape index (κ2) is 5.55. The van der Waals surface area contributed by atoms with Gasteiger partial charge in [0.2, 0.25) is 5.17 Å². The van der Waals surface area contributed by atoms with Crippen LogP contribution in [-0.4, -0.2) is 32.7 Å². The molecule has 3 rings (SSSR count). The van der Waals surface area contributed by atoms with E-state index in [1.165, 1.54) is 23.1 Å². The molecule has 8 heteroatoms. The zero-order valence-electron chi connectivity index (χ0n) is 10.5. The van der Waals surface area contributed by atoms with Crippen molar-refractivity contribution >= 4 is 63.2 Å². The monoisotopic (exact) mass is 322 g/mol. The van der Waals surface area contributed by atoms with Gasteiger partial charge in [0.25, 0.3) is 5.91 Å². The Bertz CT molecular complexity index is 660. The number of carbonyl (C=O) groups is 1. The summed E-state index contributed by atoms with van der Waals surface area (Å²) in [5.74, 6) is 0.632. The van der Waals surface area contributed by atoms with E-state index in [0.717, 1.165) is 22.6 Å². The number of nitrogens with one attached hydrogen (secondary N) is 1. The van der Waals surface area contributed by atoms with Gasteiger partial charge in [-0.3, -0.25) is 10.2 Å². The van der Waals surface area contributed by atoms with E-state index in [9.17, 15) is 4.79 Å². The van der Waals surface area contributed by atoms with E-state index in [2.05, 4.69) is 9.39 Å². The van der Waals surface area contributed by atoms with Crippen LogP contribution >= 0.6 is 35.0 Å². The lowest BCUT2D eigenvalue weighted by atomic mass is 10.1. The molecule has 2 aliphatic rings. The third-order valence-electron chi connectivity index (χ3n) is 2.60. The van der Waals surface area contributed by atoms with Crippen molar-refractivity contribution in [3.05, 3.63) is 28.0 Å². The van der Waals surface area contributed by atoms with E-state index in [-0.39, 0.29) is 11.7 Å². The average Bonchev–Trinajstić information content (AvgIpc) is 3.05. The summed E-state index contributed by atoms with van der Waals surface area (Å²) in [4.78, 5) is 18.6. The van der Waals surface area contributed by atoms with Crippen molar-refractivity contribution in [2.24, 2.45) is 9.39 Å². The molecule has 1 aromatic heterocycles. The second-order valence-electron chi connectivity index (χ2n) is 3.86. The smallest absolute Gasteiger partial charge is 0.283 e. The summed E-state index contributed by atoms with van der Waals surface area (Å²) in [6, 6.07) is 3.82. The Hall–Kier alpha value is -1.38. The van der Waals surface area contributed by atoms with Crippen molar-refractivity contribution in [2.75, 3.05) is 5.75 Å². The zero-order valence-corrected chi connectivity index (χ0v) is 12.9. The van der Waals surface area contributed by atoms with Crippen LogP contribution in [0, 0.1) is 5.41 Å². The van der Waals surface area contributed by atoms with Gasteiger partial charge in [0.1, 0.15) is 5.84 Å². The quantitative estimate of drug-likeness (QED) is 0.671. The summed E-state index contributed by atoms with van der Waals surface area (Å²) < 4.78 is 4.26. The summed E-state index contributed by atoms with van der Waals surface area (Å²) in [5.41, 5.74) is 0.308. The fraction of sp³-hybridized carbons (Fsp3) is 0.167. The number of nitrogens with zero attached hydrogens (tertiary/aromatic N) is 3. The van der Waals surface area contributed by atoms with Crippen molar-refractivity contribution < 1.29 is 4.79 Å². The highest BCUT2D eigenvalue weighted by molar-refractivity contribution is 8.19. The number of fused-ring (bicyclic) bond motifs is 1. The molecule has 0 saturated heterocycles. The molecule has 1 N–H and O–H groups in total. The lowest BCUT2D eigenvalue weighted by Crippen LogP contribution is -2.41. The Balaban J connectivity index is 1.98. The lowest BCUT2D eigenvalue weighted by Gasteiger charge is -2.24. The number of hydrogen-bond donors (Lipinski definition) is 1. The molecule has 1 amide bonds. The summed E-state index contributed by atoms with van der Waals surface area (Å²) in [6.45, 7) is 2.02. The lowest BCUT2D eigenvalue weighted by molar-refractivity contribution is -0.114. The average molecular weight is 322 g/mol. The number of amides is 1. The standard InChI is InChI=1S/C12H10N4OS3/c1-2-18-12-15-20-11-14-10(17)8(9(13)16(11)12)6-7-4-3-5-19-7/h3-6,13H,2H2,1H3/b8-6-,13-9?. The molecule has 102 valence electrons. The number of carbonyl (C=O) groups excluding carboxylic acids is 1. The van der Waals surface area contributed by atoms with Gasteiger partial charge in [0, 0.05) is 4.88 Å². The first-order chi connectivity index (χ1) is 9.70. The van der Waals surface area contributed by atoms with E-state index in [0.29, 0.717) is 15.9 Å². The van der Waals surface area contributed by atoms with Gasteiger partial charge in [-0.1, -0.05) is 24.8 Å². The van der Waals surface area contributed by atoms with Crippen LogP contribution in [0.4, 0.5) is 0 Å². The number of thioether (sulfide) groups is 1. The van der Waals surface area contributed by atoms with Crippen molar-refractivity contribution in [1.29, 1.82) is 5.41 Å². The Morgan fingerprint density at radius 3 is 3.10 bits per heavy atom. The fourth-order valence-electron chi connectivity index (χ4n) is 1.74. The molecule has 0 fully saturated rings. The fourth-order valence-corrected chi connectivity index (χ4v) is 3.97. The third kappa shape index (κ3) is 2.34. The van der Waals surface area contributed by atoms with Gasteiger partial charge in [-0.15, -0.1) is 11.3 Å². The van der Waals surface area contributed by atoms with Crippen LogP contribution in [0.15, 0.2) is 32.5 Å². The highest BCUT2D eigenvalue weighted by atomic mass is 32.2. The summed E-state index contributed by atoms with van der Waals surface area (Å²) >= 11 is 4.21. The van der Waals surface area contributed by atoms with Crippen molar-refractivity contribution in [2.45, 2.75) is 6.92 Å². The Labute approximate surface area is 128 Å². The highest BCUT2D eigenvalue weighted by Crippen LogP contribution is 2.31. The largest absolute Gasteiger partial charge is 0.283 e. The Kier molecular flexibility index (Phi) is 3.77. The molecule has 20 heavy (non-hydrogen) atoms. The molecule has 0 atom stereocenters. The molecule has 0 unspecified atom stereocenters. The molecule has 0 bridgehead atoms. The van der Waals surface area contributed by atoms with E-state index < -0.39 is 0 Å². The topological polar surface area (TPSA) is 68.9 Å². The number of hydrogen-bond acceptors (Lipinski definition) is 6. The molecule has 1 aromatic rings. The van der Waals surface area contributed by atoms with E-state index in [4.69, 9.17) is 5.41 Å². The summed E-state index contributed by atoms with van der Waals surface area (Å²) in [7, 11) is 0. The Morgan fingerprint density at radius 1 is 1.55 bits per heavy atom. The number of aliphatic imine (C=N–C) groups is 1. The van der Waals surface area contributed by atoms with E-state index >= 15 is 0 Å². The third-order valence-corrected chi connectivity index (χ3v) is 5.05. The molecule has 2 aliphatic heterocycles. The van der Waals surface area contributed by atoms with Gasteiger partial charge in [-0.05, 0) is 23.3 Å². The van der Waals surface area contributed by atoms with Crippen LogP contribution in [0.1, 0.15) is 11.8 Å². The van der Waals surface area contributed by atoms with Crippen LogP contribution in [0.2, 0.25) is 0 Å². The Morgan fingerprint density at radius 2 is 2.40 bits per heavy atom. The molecule has 5 nitrogen and oxygen atoms in total. The van der Waals surface area contributed by atoms with Gasteiger partial charge in [0.15, 0.2) is 5.17 Å². The van der Waals surface area contributed by atoms with Crippen LogP contribution < -0.4 is 0 Å². The minimum absolute atomic E-state index is 0.151. The second-order valence-corrected chi connectivity index (χ2v) is 6.80. The minimum atomic E-state index is -0.375. The maximum Gasteiger partial charge on any atom is 0.283 e. The minimum Gasteiger partial charge on any atom is -0.283 e. The van der Waals surface area contributed by atoms with Crippen molar-refractivity contribution in [3.63, 3.8) is 0 Å². The van der Waals surface area contributed by atoms with Crippen LogP contribution in [0.3, 0.4) is 0 Å². The van der Waals surface area contributed by atoms with Crippen molar-refractivity contribution in [3.8, 4) is 0 Å². The normalized spacial score (nSPS) is 20.2. The van der Waals surface area contributed by atoms with Crippen LogP contribution in [0.25, 0.3) is 6.08 Å². The van der Waals surface area contributed by atoms with E-state index in [1.807, 2.05) is 24.4 Å². The van der Waals surface area contributed by atoms with Gasteiger partial charge in [-0.2, -0.15) is 9.39 Å². The molecule has 0 aliphatic carbocycles. The molecule has 0 radical (unpaired) electrons. The van der Waals surface area contributed by atoms with Gasteiger partial charge in [0.05, 0.1) is 17.5 Å². The number of rotatable bonds is 2. The first-order valence-electron chi connectivity index (χ1n) is 5.85. The SMILES string of the molecule is CCSC1=NSC2=NC(=O)/C(=C\c3cccs3)C(=N)N12. The summed E-state index contributed by atoms with van der Waals surface area (Å²) in [6.07, 6.45) is 1.72. The van der Waals surface area contributed by atoms with E-state index in [1.54, 1.807) is 11.0 Å². The molecule has 3 heterocycles. The predicted molar refractivity (Wildman–Crippen MR) is 87.5 cm³/mol.